The van der Waals surface area contributed by atoms with E-state index in [2.05, 4.69) is 5.32 Å². The Kier molecular flexibility index (Phi) is 6.56. The maximum absolute atomic E-state index is 13.8. The van der Waals surface area contributed by atoms with Gasteiger partial charge in [0.25, 0.3) is 5.91 Å². The van der Waals surface area contributed by atoms with Crippen LogP contribution in [0.3, 0.4) is 0 Å². The van der Waals surface area contributed by atoms with E-state index in [-0.39, 0.29) is 11.3 Å². The van der Waals surface area contributed by atoms with Crippen molar-refractivity contribution in [3.8, 4) is 5.75 Å². The Balaban J connectivity index is 2.07. The molecule has 0 bridgehead atoms. The number of alkyl carbamates (subject to hydrolysis) is 1. The summed E-state index contributed by atoms with van der Waals surface area (Å²) in [6, 6.07) is 3.08. The van der Waals surface area contributed by atoms with E-state index >= 15 is 0 Å². The fourth-order valence-electron chi connectivity index (χ4n) is 6.15. The summed E-state index contributed by atoms with van der Waals surface area (Å²) in [7, 11) is 2.97. The van der Waals surface area contributed by atoms with Gasteiger partial charge in [-0.25, -0.2) is 4.79 Å². The first kappa shape index (κ1) is 28.1. The number of amides is 2. The number of nitrogens with one attached hydrogen (secondary N) is 1. The van der Waals surface area contributed by atoms with Gasteiger partial charge in [-0.2, -0.15) is 0 Å². The van der Waals surface area contributed by atoms with Gasteiger partial charge in [0.1, 0.15) is 28.9 Å². The topological polar surface area (TPSA) is 200 Å². The highest BCUT2D eigenvalue weighted by atomic mass is 16.6. The molecule has 39 heavy (non-hydrogen) atoms. The highest BCUT2D eigenvalue weighted by Crippen LogP contribution is 2.56. The predicted octanol–water partition coefficient (Wildman–Crippen LogP) is 1.18. The number of hydrogen-bond acceptors (Lipinski definition) is 10. The molecule has 4 rings (SSSR count). The van der Waals surface area contributed by atoms with Crippen LogP contribution in [-0.2, 0) is 14.3 Å². The molecule has 0 saturated heterocycles. The number of carbonyl (C=O) groups excluding carboxylic acids is 4. The Labute approximate surface area is 224 Å². The number of ketones is 2. The molecule has 6 atom stereocenters. The van der Waals surface area contributed by atoms with Gasteiger partial charge in [-0.15, -0.1) is 0 Å². The van der Waals surface area contributed by atoms with Crippen LogP contribution in [0.25, 0.3) is 0 Å². The normalized spacial score (nSPS) is 30.5. The summed E-state index contributed by atoms with van der Waals surface area (Å²) in [4.78, 5) is 54.2. The lowest BCUT2D eigenvalue weighted by Crippen LogP contribution is -2.69. The van der Waals surface area contributed by atoms with Crippen LogP contribution in [0.2, 0.25) is 0 Å². The highest BCUT2D eigenvalue weighted by Gasteiger charge is 2.68. The third kappa shape index (κ3) is 4.05. The van der Waals surface area contributed by atoms with E-state index in [0.29, 0.717) is 5.56 Å². The molecule has 1 aromatic rings. The van der Waals surface area contributed by atoms with Crippen LogP contribution < -0.4 is 11.1 Å². The largest absolute Gasteiger partial charge is 0.510 e. The van der Waals surface area contributed by atoms with Crippen LogP contribution in [0.1, 0.15) is 49.5 Å². The second-order valence-electron chi connectivity index (χ2n) is 11.5. The van der Waals surface area contributed by atoms with Crippen LogP contribution in [-0.4, -0.2) is 86.3 Å². The number of aromatic hydroxyl groups is 1. The Morgan fingerprint density at radius 3 is 2.28 bits per heavy atom. The number of carbonyl (C=O) groups is 4. The highest BCUT2D eigenvalue weighted by molar-refractivity contribution is 6.25. The van der Waals surface area contributed by atoms with Gasteiger partial charge in [-0.05, 0) is 52.4 Å². The zero-order valence-corrected chi connectivity index (χ0v) is 22.5. The van der Waals surface area contributed by atoms with E-state index in [1.807, 2.05) is 0 Å². The quantitative estimate of drug-likeness (QED) is 0.301. The number of nitrogens with two attached hydrogens (primary N) is 1. The van der Waals surface area contributed by atoms with Gasteiger partial charge >= 0.3 is 6.09 Å². The number of nitrogens with zero attached hydrogens (tertiary/aromatic N) is 1. The van der Waals surface area contributed by atoms with E-state index in [0.717, 1.165) is 0 Å². The van der Waals surface area contributed by atoms with Gasteiger partial charge in [-0.3, -0.25) is 19.3 Å². The maximum atomic E-state index is 13.8. The molecule has 0 unspecified atom stereocenters. The Hall–Kier alpha value is -3.90. The van der Waals surface area contributed by atoms with Crippen LogP contribution >= 0.6 is 0 Å². The molecule has 12 heteroatoms. The van der Waals surface area contributed by atoms with Crippen LogP contribution in [0.15, 0.2) is 40.9 Å². The number of fused-ring (bicyclic) bond motifs is 3. The van der Waals surface area contributed by atoms with Gasteiger partial charge in [0.15, 0.2) is 11.4 Å². The summed E-state index contributed by atoms with van der Waals surface area (Å²) in [6.45, 7) is 6.80. The van der Waals surface area contributed by atoms with E-state index < -0.39 is 87.3 Å². The smallest absolute Gasteiger partial charge is 0.407 e. The molecule has 12 nitrogen and oxygen atoms in total. The molecule has 0 heterocycles. The average molecular weight is 544 g/mol. The minimum atomic E-state index is -2.98. The molecule has 0 radical (unpaired) electrons. The number of phenols is 1. The second kappa shape index (κ2) is 9.09. The molecule has 0 fully saturated rings. The fourth-order valence-corrected chi connectivity index (χ4v) is 6.15. The van der Waals surface area contributed by atoms with Crippen molar-refractivity contribution in [3.05, 3.63) is 52.0 Å². The first-order valence-electron chi connectivity index (χ1n) is 12.4. The number of Topliss-reactive ketones (excluding diaryl/α,β-unsaturated/α-hetero) is 2. The molecule has 7 N–H and O–H groups in total. The van der Waals surface area contributed by atoms with Gasteiger partial charge in [0.05, 0.1) is 17.5 Å². The van der Waals surface area contributed by atoms with Gasteiger partial charge < -0.3 is 36.2 Å². The minimum Gasteiger partial charge on any atom is -0.510 e. The predicted molar refractivity (Wildman–Crippen MR) is 137 cm³/mol. The Morgan fingerprint density at radius 2 is 1.74 bits per heavy atom. The molecule has 2 amide bonds. The number of primary amides is 1. The molecule has 3 aliphatic rings. The molecular formula is C27H33N3O9. The van der Waals surface area contributed by atoms with Crippen molar-refractivity contribution in [2.75, 3.05) is 14.1 Å². The summed E-state index contributed by atoms with van der Waals surface area (Å²) in [5.74, 6) is -9.23. The first-order valence-corrected chi connectivity index (χ1v) is 12.4. The molecule has 0 aromatic heterocycles. The lowest BCUT2D eigenvalue weighted by Gasteiger charge is -2.54. The summed E-state index contributed by atoms with van der Waals surface area (Å²) in [5, 5.41) is 47.8. The van der Waals surface area contributed by atoms with Crippen molar-refractivity contribution in [1.29, 1.82) is 0 Å². The van der Waals surface area contributed by atoms with E-state index in [1.165, 1.54) is 31.1 Å². The number of rotatable bonds is 3. The van der Waals surface area contributed by atoms with Crippen LogP contribution in [0.4, 0.5) is 4.79 Å². The van der Waals surface area contributed by atoms with Crippen LogP contribution in [0.5, 0.6) is 5.75 Å². The number of benzene rings is 1. The van der Waals surface area contributed by atoms with Crippen molar-refractivity contribution < 1.29 is 44.3 Å². The van der Waals surface area contributed by atoms with Gasteiger partial charge in [-0.1, -0.05) is 19.1 Å². The third-order valence-electron chi connectivity index (χ3n) is 7.69. The SMILES string of the molecule is C[C@H]1c2cccc(O)c2C(=O)C2=C(O)[C@]3(O)C(=O)C(C(N)=O)=C(O)[C@@H](N(C)C)[C@@H]3[C@@H](OC(=O)NC(C)(C)C)[C@@H]21. The third-order valence-corrected chi connectivity index (χ3v) is 7.69. The lowest BCUT2D eigenvalue weighted by molar-refractivity contribution is -0.162. The molecule has 210 valence electrons. The maximum Gasteiger partial charge on any atom is 0.407 e. The van der Waals surface area contributed by atoms with Crippen molar-refractivity contribution in [2.45, 2.75) is 56.9 Å². The van der Waals surface area contributed by atoms with E-state index in [4.69, 9.17) is 10.5 Å². The van der Waals surface area contributed by atoms with E-state index in [9.17, 15) is 39.6 Å². The molecule has 1 aromatic carbocycles. The zero-order valence-electron chi connectivity index (χ0n) is 22.5. The first-order chi connectivity index (χ1) is 17.9. The summed E-state index contributed by atoms with van der Waals surface area (Å²) in [5.41, 5.74) is 0.522. The number of phenolic OH excluding ortho intramolecular Hbond substituents is 1. The number of aliphatic hydroxyl groups excluding tert-OH is 2. The number of hydrogen-bond donors (Lipinski definition) is 6. The van der Waals surface area contributed by atoms with E-state index in [1.54, 1.807) is 33.8 Å². The summed E-state index contributed by atoms with van der Waals surface area (Å²) < 4.78 is 5.86. The monoisotopic (exact) mass is 543 g/mol. The molecular weight excluding hydrogens is 510 g/mol. The lowest BCUT2D eigenvalue weighted by atomic mass is 9.55. The summed E-state index contributed by atoms with van der Waals surface area (Å²) >= 11 is 0. The molecule has 3 aliphatic carbocycles. The molecule has 0 saturated carbocycles. The summed E-state index contributed by atoms with van der Waals surface area (Å²) in [6.07, 6.45) is -2.42. The number of likely N-dealkylation sites (N-methyl/N-ethyl adjacent to an activating group) is 1. The fraction of sp³-hybridized carbons (Fsp3) is 0.481. The number of aliphatic hydroxyl groups is 3. The number of ether oxygens (including phenoxy) is 1. The van der Waals surface area contributed by atoms with Gasteiger partial charge in [0, 0.05) is 17.0 Å². The van der Waals surface area contributed by atoms with Crippen molar-refractivity contribution in [2.24, 2.45) is 17.6 Å². The minimum absolute atomic E-state index is 0.135. The molecule has 0 aliphatic heterocycles. The van der Waals surface area contributed by atoms with Crippen molar-refractivity contribution in [3.63, 3.8) is 0 Å². The average Bonchev–Trinajstić information content (AvgIpc) is 2.79. The standard InChI is InChI=1S/C27H33N3O9/c1-10-11-8-7-9-12(31)14(11)19(32)15-13(10)21(39-25(37)29-26(2,3)4)17-18(30(5)6)20(33)16(24(28)36)23(35)27(17,38)22(15)34/h7-10,13,17-18,21,31,33-34,38H,1-6H3,(H2,28,36)(H,29,37)/t10-,13+,17+,18-,21-,27-/m0/s1. The van der Waals surface area contributed by atoms with Crippen molar-refractivity contribution >= 4 is 23.6 Å². The Morgan fingerprint density at radius 1 is 1.13 bits per heavy atom. The van der Waals surface area contributed by atoms with Crippen molar-refractivity contribution in [1.82, 2.24) is 10.2 Å². The van der Waals surface area contributed by atoms with Gasteiger partial charge in [0.2, 0.25) is 5.78 Å². The van der Waals surface area contributed by atoms with Crippen LogP contribution in [0, 0.1) is 11.8 Å². The zero-order chi connectivity index (χ0) is 29.4. The molecule has 0 spiro atoms. The second-order valence-corrected chi connectivity index (χ2v) is 11.5. The Bertz CT molecular complexity index is 1360.